The van der Waals surface area contributed by atoms with Crippen molar-refractivity contribution in [1.82, 2.24) is 0 Å². The lowest BCUT2D eigenvalue weighted by Gasteiger charge is -2.07. The smallest absolute Gasteiger partial charge is 0.320 e. The summed E-state index contributed by atoms with van der Waals surface area (Å²) in [5, 5.41) is 2.34. The number of amides is 1. The second-order valence-electron chi connectivity index (χ2n) is 4.93. The van der Waals surface area contributed by atoms with Crippen molar-refractivity contribution < 1.29 is 22.4 Å². The molecule has 2 rings (SSSR count). The van der Waals surface area contributed by atoms with Gasteiger partial charge < -0.3 is 5.32 Å². The van der Waals surface area contributed by atoms with E-state index in [9.17, 15) is 22.4 Å². The van der Waals surface area contributed by atoms with E-state index < -0.39 is 23.5 Å². The van der Waals surface area contributed by atoms with Crippen molar-refractivity contribution >= 4 is 17.7 Å². The highest BCUT2D eigenvalue weighted by Gasteiger charge is 2.30. The fourth-order valence-corrected chi connectivity index (χ4v) is 1.90. The van der Waals surface area contributed by atoms with Crippen molar-refractivity contribution in [2.45, 2.75) is 13.1 Å². The Kier molecular flexibility index (Phi) is 4.83. The minimum atomic E-state index is -4.45. The van der Waals surface area contributed by atoms with Crippen LogP contribution >= 0.6 is 0 Å². The second kappa shape index (κ2) is 6.64. The number of anilines is 1. The highest BCUT2D eigenvalue weighted by molar-refractivity contribution is 6.02. The van der Waals surface area contributed by atoms with Crippen LogP contribution in [0.3, 0.4) is 0 Å². The van der Waals surface area contributed by atoms with Crippen LogP contribution in [0.5, 0.6) is 0 Å². The summed E-state index contributed by atoms with van der Waals surface area (Å²) < 4.78 is 51.3. The Morgan fingerprint density at radius 1 is 1.13 bits per heavy atom. The molecule has 0 heterocycles. The summed E-state index contributed by atoms with van der Waals surface area (Å²) in [7, 11) is 0. The van der Waals surface area contributed by atoms with E-state index in [0.717, 1.165) is 23.8 Å². The van der Waals surface area contributed by atoms with Crippen LogP contribution in [-0.2, 0) is 11.0 Å². The topological polar surface area (TPSA) is 29.1 Å². The lowest BCUT2D eigenvalue weighted by Crippen LogP contribution is -2.09. The van der Waals surface area contributed by atoms with Gasteiger partial charge in [0.25, 0.3) is 0 Å². The summed E-state index contributed by atoms with van der Waals surface area (Å²) in [4.78, 5) is 11.7. The number of halogens is 4. The molecular formula is C17H13F4NO. The summed E-state index contributed by atoms with van der Waals surface area (Å²) in [5.41, 5.74) is 0.205. The van der Waals surface area contributed by atoms with Gasteiger partial charge in [-0.15, -0.1) is 0 Å². The first-order valence-corrected chi connectivity index (χ1v) is 6.68. The molecule has 0 aliphatic heterocycles. The average Bonchev–Trinajstić information content (AvgIpc) is 2.48. The Morgan fingerprint density at radius 2 is 1.87 bits per heavy atom. The maximum absolute atomic E-state index is 13.5. The molecule has 0 radical (unpaired) electrons. The van der Waals surface area contributed by atoms with Crippen LogP contribution in [0.25, 0.3) is 6.08 Å². The number of rotatable bonds is 3. The molecule has 0 unspecified atom stereocenters. The van der Waals surface area contributed by atoms with Gasteiger partial charge in [0.2, 0.25) is 5.91 Å². The van der Waals surface area contributed by atoms with E-state index in [2.05, 4.69) is 5.32 Å². The SMILES string of the molecule is Cc1ccc(F)c(NC(=O)/C=C/c2cccc(C(F)(F)F)c2)c1. The van der Waals surface area contributed by atoms with Crippen LogP contribution in [-0.4, -0.2) is 5.91 Å². The maximum atomic E-state index is 13.5. The van der Waals surface area contributed by atoms with Crippen LogP contribution in [0.15, 0.2) is 48.5 Å². The molecule has 23 heavy (non-hydrogen) atoms. The Bertz CT molecular complexity index is 750. The van der Waals surface area contributed by atoms with Crippen LogP contribution < -0.4 is 5.32 Å². The molecule has 0 bridgehead atoms. The standard InChI is InChI=1S/C17H13F4NO/c1-11-5-7-14(18)15(9-11)22-16(23)8-6-12-3-2-4-13(10-12)17(19,20)21/h2-10H,1H3,(H,22,23)/b8-6+. The minimum Gasteiger partial charge on any atom is -0.320 e. The first kappa shape index (κ1) is 16.7. The lowest BCUT2D eigenvalue weighted by atomic mass is 10.1. The van der Waals surface area contributed by atoms with Crippen molar-refractivity contribution in [1.29, 1.82) is 0 Å². The molecule has 2 nitrogen and oxygen atoms in total. The molecule has 0 aromatic heterocycles. The highest BCUT2D eigenvalue weighted by Crippen LogP contribution is 2.29. The zero-order chi connectivity index (χ0) is 17.0. The number of alkyl halides is 3. The fourth-order valence-electron chi connectivity index (χ4n) is 1.90. The van der Waals surface area contributed by atoms with Gasteiger partial charge in [-0.25, -0.2) is 4.39 Å². The van der Waals surface area contributed by atoms with Crippen LogP contribution in [0.1, 0.15) is 16.7 Å². The Morgan fingerprint density at radius 3 is 2.57 bits per heavy atom. The number of nitrogens with one attached hydrogen (secondary N) is 1. The second-order valence-corrected chi connectivity index (χ2v) is 4.93. The predicted molar refractivity (Wildman–Crippen MR) is 80.2 cm³/mol. The van der Waals surface area contributed by atoms with Gasteiger partial charge in [0.1, 0.15) is 5.82 Å². The van der Waals surface area contributed by atoms with E-state index in [1.807, 2.05) is 0 Å². The lowest BCUT2D eigenvalue weighted by molar-refractivity contribution is -0.137. The largest absolute Gasteiger partial charge is 0.416 e. The van der Waals surface area contributed by atoms with Gasteiger partial charge >= 0.3 is 6.18 Å². The van der Waals surface area contributed by atoms with Gasteiger partial charge in [-0.2, -0.15) is 13.2 Å². The van der Waals surface area contributed by atoms with Crippen LogP contribution in [0.2, 0.25) is 0 Å². The molecule has 0 atom stereocenters. The predicted octanol–water partition coefficient (Wildman–Crippen LogP) is 4.80. The van der Waals surface area contributed by atoms with Crippen molar-refractivity contribution in [3.8, 4) is 0 Å². The molecule has 0 saturated carbocycles. The number of hydrogen-bond donors (Lipinski definition) is 1. The zero-order valence-electron chi connectivity index (χ0n) is 12.1. The number of hydrogen-bond acceptors (Lipinski definition) is 1. The number of aryl methyl sites for hydroxylation is 1. The number of carbonyl (C=O) groups is 1. The van der Waals surface area contributed by atoms with Crippen LogP contribution in [0.4, 0.5) is 23.2 Å². The van der Waals surface area contributed by atoms with E-state index in [4.69, 9.17) is 0 Å². The molecule has 0 spiro atoms. The zero-order valence-corrected chi connectivity index (χ0v) is 12.1. The van der Waals surface area contributed by atoms with Gasteiger partial charge in [-0.05, 0) is 48.4 Å². The Labute approximate surface area is 130 Å². The molecule has 1 amide bonds. The molecule has 0 fully saturated rings. The van der Waals surface area contributed by atoms with Crippen molar-refractivity contribution in [3.63, 3.8) is 0 Å². The average molecular weight is 323 g/mol. The minimum absolute atomic E-state index is 0.0173. The summed E-state index contributed by atoms with van der Waals surface area (Å²) in [6, 6.07) is 8.81. The van der Waals surface area contributed by atoms with E-state index in [1.54, 1.807) is 13.0 Å². The number of carbonyl (C=O) groups excluding carboxylic acids is 1. The summed E-state index contributed by atoms with van der Waals surface area (Å²) in [5.74, 6) is -1.22. The van der Waals surface area contributed by atoms with Crippen molar-refractivity contribution in [3.05, 3.63) is 71.0 Å². The van der Waals surface area contributed by atoms with Gasteiger partial charge in [0.15, 0.2) is 0 Å². The van der Waals surface area contributed by atoms with Gasteiger partial charge in [-0.3, -0.25) is 4.79 Å². The molecular weight excluding hydrogens is 310 g/mol. The normalized spacial score (nSPS) is 11.7. The summed E-state index contributed by atoms with van der Waals surface area (Å²) >= 11 is 0. The van der Waals surface area contributed by atoms with Crippen molar-refractivity contribution in [2.24, 2.45) is 0 Å². The Balaban J connectivity index is 2.11. The first-order valence-electron chi connectivity index (χ1n) is 6.68. The van der Waals surface area contributed by atoms with E-state index in [0.29, 0.717) is 0 Å². The molecule has 0 saturated heterocycles. The highest BCUT2D eigenvalue weighted by atomic mass is 19.4. The summed E-state index contributed by atoms with van der Waals surface area (Å²) in [6.45, 7) is 1.74. The van der Waals surface area contributed by atoms with Gasteiger partial charge in [-0.1, -0.05) is 18.2 Å². The number of benzene rings is 2. The van der Waals surface area contributed by atoms with Crippen molar-refractivity contribution in [2.75, 3.05) is 5.32 Å². The quantitative estimate of drug-likeness (QED) is 0.638. The van der Waals surface area contributed by atoms with Gasteiger partial charge in [0.05, 0.1) is 11.3 Å². The van der Waals surface area contributed by atoms with Gasteiger partial charge in [0, 0.05) is 6.08 Å². The van der Waals surface area contributed by atoms with E-state index in [-0.39, 0.29) is 11.3 Å². The van der Waals surface area contributed by atoms with E-state index in [1.165, 1.54) is 30.3 Å². The fraction of sp³-hybridized carbons (Fsp3) is 0.118. The molecule has 0 aliphatic carbocycles. The molecule has 0 aliphatic rings. The summed E-state index contributed by atoms with van der Waals surface area (Å²) in [6.07, 6.45) is -2.16. The monoisotopic (exact) mass is 323 g/mol. The molecule has 6 heteroatoms. The molecule has 1 N–H and O–H groups in total. The molecule has 2 aromatic carbocycles. The third-order valence-corrected chi connectivity index (χ3v) is 3.02. The van der Waals surface area contributed by atoms with E-state index >= 15 is 0 Å². The Hall–Kier alpha value is -2.63. The van der Waals surface area contributed by atoms with Crippen LogP contribution in [0, 0.1) is 12.7 Å². The third-order valence-electron chi connectivity index (χ3n) is 3.02. The molecule has 2 aromatic rings. The third kappa shape index (κ3) is 4.67. The maximum Gasteiger partial charge on any atom is 0.416 e. The first-order chi connectivity index (χ1) is 10.8. The molecule has 120 valence electrons.